The summed E-state index contributed by atoms with van der Waals surface area (Å²) in [5.41, 5.74) is 8.80. The maximum atomic E-state index is 6.12. The zero-order valence-electron chi connectivity index (χ0n) is 8.58. The van der Waals surface area contributed by atoms with E-state index in [4.69, 9.17) is 17.3 Å². The van der Waals surface area contributed by atoms with E-state index in [1.807, 2.05) is 30.3 Å². The van der Waals surface area contributed by atoms with Crippen molar-refractivity contribution in [3.63, 3.8) is 0 Å². The molecule has 2 N–H and O–H groups in total. The number of nitrogens with two attached hydrogens (primary N) is 1. The van der Waals surface area contributed by atoms with Crippen molar-refractivity contribution < 1.29 is 0 Å². The predicted octanol–water partition coefficient (Wildman–Crippen LogP) is 4.23. The first-order valence-corrected chi connectivity index (χ1v) is 6.12. The van der Waals surface area contributed by atoms with Crippen LogP contribution in [0.4, 0.5) is 0 Å². The van der Waals surface area contributed by atoms with E-state index in [1.54, 1.807) is 0 Å². The van der Waals surface area contributed by atoms with Gasteiger partial charge in [0.25, 0.3) is 0 Å². The molecule has 0 aliphatic carbocycles. The van der Waals surface area contributed by atoms with Crippen molar-refractivity contribution in [3.8, 4) is 11.1 Å². The average Bonchev–Trinajstić information content (AvgIpc) is 2.30. The van der Waals surface area contributed by atoms with Gasteiger partial charge in [-0.2, -0.15) is 0 Å². The van der Waals surface area contributed by atoms with Crippen LogP contribution in [0, 0.1) is 0 Å². The van der Waals surface area contributed by atoms with Crippen molar-refractivity contribution in [3.05, 3.63) is 57.5 Å². The molecule has 0 spiro atoms. The standard InChI is InChI=1S/C13H11BrClN/c14-12-5-3-9(4-6-12)10-1-2-11(8-16)13(15)7-10/h1-7H,8,16H2. The Labute approximate surface area is 108 Å². The van der Waals surface area contributed by atoms with E-state index < -0.39 is 0 Å². The molecule has 0 unspecified atom stereocenters. The Bertz CT molecular complexity index is 494. The molecule has 2 rings (SSSR count). The molecular weight excluding hydrogens is 286 g/mol. The van der Waals surface area contributed by atoms with E-state index in [1.165, 1.54) is 0 Å². The Hall–Kier alpha value is -0.830. The minimum Gasteiger partial charge on any atom is -0.326 e. The van der Waals surface area contributed by atoms with Crippen LogP contribution in [0.25, 0.3) is 11.1 Å². The largest absolute Gasteiger partial charge is 0.326 e. The first-order chi connectivity index (χ1) is 7.70. The third kappa shape index (κ3) is 2.46. The highest BCUT2D eigenvalue weighted by Gasteiger charge is 2.02. The lowest BCUT2D eigenvalue weighted by Crippen LogP contribution is -1.96. The fourth-order valence-electron chi connectivity index (χ4n) is 1.53. The highest BCUT2D eigenvalue weighted by atomic mass is 79.9. The number of benzene rings is 2. The average molecular weight is 297 g/mol. The molecule has 82 valence electrons. The molecule has 0 bridgehead atoms. The molecule has 0 aromatic heterocycles. The monoisotopic (exact) mass is 295 g/mol. The number of hydrogen-bond acceptors (Lipinski definition) is 1. The Morgan fingerprint density at radius 3 is 2.19 bits per heavy atom. The van der Waals surface area contributed by atoms with Crippen molar-refractivity contribution in [2.24, 2.45) is 5.73 Å². The van der Waals surface area contributed by atoms with Crippen LogP contribution < -0.4 is 5.73 Å². The van der Waals surface area contributed by atoms with Gasteiger partial charge in [-0.1, -0.05) is 51.8 Å². The Morgan fingerprint density at radius 1 is 1.00 bits per heavy atom. The van der Waals surface area contributed by atoms with Gasteiger partial charge in [0, 0.05) is 16.0 Å². The molecule has 0 amide bonds. The summed E-state index contributed by atoms with van der Waals surface area (Å²) >= 11 is 9.53. The van der Waals surface area contributed by atoms with E-state index in [0.29, 0.717) is 6.54 Å². The highest BCUT2D eigenvalue weighted by Crippen LogP contribution is 2.26. The first-order valence-electron chi connectivity index (χ1n) is 4.95. The Morgan fingerprint density at radius 2 is 1.62 bits per heavy atom. The molecule has 1 nitrogen and oxygen atoms in total. The van der Waals surface area contributed by atoms with Gasteiger partial charge in [0.15, 0.2) is 0 Å². The lowest BCUT2D eigenvalue weighted by molar-refractivity contribution is 1.07. The Balaban J connectivity index is 2.41. The second-order valence-electron chi connectivity index (χ2n) is 3.52. The lowest BCUT2D eigenvalue weighted by atomic mass is 10.0. The van der Waals surface area contributed by atoms with E-state index in [2.05, 4.69) is 28.1 Å². The van der Waals surface area contributed by atoms with E-state index in [0.717, 1.165) is 26.2 Å². The SMILES string of the molecule is NCc1ccc(-c2ccc(Br)cc2)cc1Cl. The maximum absolute atomic E-state index is 6.12. The summed E-state index contributed by atoms with van der Waals surface area (Å²) in [4.78, 5) is 0. The number of halogens is 2. The molecule has 0 fully saturated rings. The van der Waals surface area contributed by atoms with Crippen LogP contribution in [0.15, 0.2) is 46.9 Å². The van der Waals surface area contributed by atoms with Gasteiger partial charge in [0.05, 0.1) is 0 Å². The fraction of sp³-hybridized carbons (Fsp3) is 0.0769. The Kier molecular flexibility index (Phi) is 3.64. The topological polar surface area (TPSA) is 26.0 Å². The van der Waals surface area contributed by atoms with Gasteiger partial charge in [-0.15, -0.1) is 0 Å². The van der Waals surface area contributed by atoms with Gasteiger partial charge in [-0.05, 0) is 34.9 Å². The van der Waals surface area contributed by atoms with Crippen LogP contribution >= 0.6 is 27.5 Å². The quantitative estimate of drug-likeness (QED) is 0.882. The van der Waals surface area contributed by atoms with Crippen LogP contribution in [0.3, 0.4) is 0 Å². The molecule has 0 saturated heterocycles. The minimum atomic E-state index is 0.472. The molecule has 0 heterocycles. The molecule has 0 saturated carbocycles. The third-order valence-corrected chi connectivity index (χ3v) is 3.33. The summed E-state index contributed by atoms with van der Waals surface area (Å²) in [7, 11) is 0. The smallest absolute Gasteiger partial charge is 0.0457 e. The van der Waals surface area contributed by atoms with Crippen LogP contribution in [0.2, 0.25) is 5.02 Å². The van der Waals surface area contributed by atoms with Crippen molar-refractivity contribution in [1.82, 2.24) is 0 Å². The first kappa shape index (κ1) is 11.6. The molecule has 0 aliphatic rings. The van der Waals surface area contributed by atoms with E-state index in [9.17, 15) is 0 Å². The van der Waals surface area contributed by atoms with Crippen LogP contribution in [-0.2, 0) is 6.54 Å². The van der Waals surface area contributed by atoms with Crippen molar-refractivity contribution in [2.75, 3.05) is 0 Å². The van der Waals surface area contributed by atoms with Gasteiger partial charge in [0.1, 0.15) is 0 Å². The molecule has 0 radical (unpaired) electrons. The second kappa shape index (κ2) is 5.00. The van der Waals surface area contributed by atoms with Crippen molar-refractivity contribution in [1.29, 1.82) is 0 Å². The van der Waals surface area contributed by atoms with Crippen LogP contribution in [0.1, 0.15) is 5.56 Å². The van der Waals surface area contributed by atoms with Crippen LogP contribution in [-0.4, -0.2) is 0 Å². The van der Waals surface area contributed by atoms with E-state index in [-0.39, 0.29) is 0 Å². The molecule has 3 heteroatoms. The van der Waals surface area contributed by atoms with Gasteiger partial charge in [-0.25, -0.2) is 0 Å². The van der Waals surface area contributed by atoms with Gasteiger partial charge < -0.3 is 5.73 Å². The maximum Gasteiger partial charge on any atom is 0.0457 e. The molecule has 16 heavy (non-hydrogen) atoms. The highest BCUT2D eigenvalue weighted by molar-refractivity contribution is 9.10. The molecule has 0 atom stereocenters. The number of hydrogen-bond donors (Lipinski definition) is 1. The molecular formula is C13H11BrClN. The van der Waals surface area contributed by atoms with Crippen LogP contribution in [0.5, 0.6) is 0 Å². The molecule has 2 aromatic carbocycles. The third-order valence-electron chi connectivity index (χ3n) is 2.45. The number of rotatable bonds is 2. The van der Waals surface area contributed by atoms with Crippen molar-refractivity contribution in [2.45, 2.75) is 6.54 Å². The zero-order valence-corrected chi connectivity index (χ0v) is 10.9. The minimum absolute atomic E-state index is 0.472. The lowest BCUT2D eigenvalue weighted by Gasteiger charge is -2.05. The summed E-state index contributed by atoms with van der Waals surface area (Å²) in [6.07, 6.45) is 0. The normalized spacial score (nSPS) is 10.4. The van der Waals surface area contributed by atoms with Gasteiger partial charge in [0.2, 0.25) is 0 Å². The summed E-state index contributed by atoms with van der Waals surface area (Å²) in [5, 5.41) is 0.725. The molecule has 2 aromatic rings. The van der Waals surface area contributed by atoms with Gasteiger partial charge >= 0.3 is 0 Å². The summed E-state index contributed by atoms with van der Waals surface area (Å²) < 4.78 is 1.07. The predicted molar refractivity (Wildman–Crippen MR) is 72.5 cm³/mol. The zero-order chi connectivity index (χ0) is 11.5. The summed E-state index contributed by atoms with van der Waals surface area (Å²) in [6, 6.07) is 14.1. The van der Waals surface area contributed by atoms with Crippen molar-refractivity contribution >= 4 is 27.5 Å². The second-order valence-corrected chi connectivity index (χ2v) is 4.84. The van der Waals surface area contributed by atoms with E-state index >= 15 is 0 Å². The molecule has 0 aliphatic heterocycles. The summed E-state index contributed by atoms with van der Waals surface area (Å²) in [6.45, 7) is 0.472. The fourth-order valence-corrected chi connectivity index (χ4v) is 2.06. The summed E-state index contributed by atoms with van der Waals surface area (Å²) in [5.74, 6) is 0. The van der Waals surface area contributed by atoms with Gasteiger partial charge in [-0.3, -0.25) is 0 Å².